The van der Waals surface area contributed by atoms with Gasteiger partial charge in [0.1, 0.15) is 5.75 Å². The average molecular weight is 480 g/mol. The van der Waals surface area contributed by atoms with E-state index in [9.17, 15) is 9.59 Å². The molecule has 1 saturated heterocycles. The molecule has 6 nitrogen and oxygen atoms in total. The smallest absolute Gasteiger partial charge is 0.253 e. The van der Waals surface area contributed by atoms with Crippen LogP contribution in [-0.2, 0) is 4.79 Å². The number of rotatable bonds is 7. The van der Waals surface area contributed by atoms with Gasteiger partial charge < -0.3 is 20.3 Å². The van der Waals surface area contributed by atoms with E-state index in [2.05, 4.69) is 10.6 Å². The van der Waals surface area contributed by atoms with Gasteiger partial charge in [-0.3, -0.25) is 9.59 Å². The van der Waals surface area contributed by atoms with Crippen LogP contribution in [0.15, 0.2) is 42.5 Å². The molecule has 2 amide bonds. The van der Waals surface area contributed by atoms with Crippen LogP contribution >= 0.6 is 35.4 Å². The van der Waals surface area contributed by atoms with Crippen molar-refractivity contribution in [2.75, 3.05) is 25.0 Å². The molecule has 9 heteroatoms. The highest BCUT2D eigenvalue weighted by molar-refractivity contribution is 7.80. The first-order valence-corrected chi connectivity index (χ1v) is 11.2. The molecule has 0 aliphatic carbocycles. The minimum absolute atomic E-state index is 0.0110. The Morgan fingerprint density at radius 1 is 1.10 bits per heavy atom. The Kier molecular flexibility index (Phi) is 8.51. The summed E-state index contributed by atoms with van der Waals surface area (Å²) in [5, 5.41) is 6.73. The highest BCUT2D eigenvalue weighted by Crippen LogP contribution is 2.27. The Morgan fingerprint density at radius 3 is 2.61 bits per heavy atom. The molecule has 0 bridgehead atoms. The average Bonchev–Trinajstić information content (AvgIpc) is 3.27. The number of nitrogens with zero attached hydrogens (tertiary/aromatic N) is 1. The van der Waals surface area contributed by atoms with Crippen LogP contribution in [0.3, 0.4) is 0 Å². The number of anilines is 1. The maximum Gasteiger partial charge on any atom is 0.253 e. The van der Waals surface area contributed by atoms with Crippen molar-refractivity contribution >= 4 is 58.0 Å². The van der Waals surface area contributed by atoms with Crippen LogP contribution in [0.2, 0.25) is 10.0 Å². The lowest BCUT2D eigenvalue weighted by Crippen LogP contribution is -2.34. The summed E-state index contributed by atoms with van der Waals surface area (Å²) in [6.45, 7) is 1.91. The minimum atomic E-state index is -0.229. The van der Waals surface area contributed by atoms with Gasteiger partial charge in [-0.15, -0.1) is 0 Å². The van der Waals surface area contributed by atoms with Gasteiger partial charge in [-0.25, -0.2) is 0 Å². The zero-order valence-corrected chi connectivity index (χ0v) is 19.2. The van der Waals surface area contributed by atoms with E-state index in [0.29, 0.717) is 40.1 Å². The Labute approximate surface area is 196 Å². The van der Waals surface area contributed by atoms with E-state index < -0.39 is 0 Å². The number of halogens is 2. The number of hydrogen-bond donors (Lipinski definition) is 2. The molecule has 0 saturated carbocycles. The number of amides is 2. The fourth-order valence-electron chi connectivity index (χ4n) is 3.19. The largest absolute Gasteiger partial charge is 0.492 e. The SMILES string of the molecule is O=C(CCCOc1ccc(Cl)cc1Cl)NC(=S)Nc1cccc(C(=O)N2CCCC2)c1. The molecule has 31 heavy (non-hydrogen) atoms. The lowest BCUT2D eigenvalue weighted by atomic mass is 10.2. The molecule has 2 aromatic carbocycles. The van der Waals surface area contributed by atoms with Crippen LogP contribution in [0.5, 0.6) is 5.75 Å². The zero-order valence-electron chi connectivity index (χ0n) is 16.8. The Hall–Kier alpha value is -2.35. The van der Waals surface area contributed by atoms with E-state index in [4.69, 9.17) is 40.2 Å². The summed E-state index contributed by atoms with van der Waals surface area (Å²) in [6, 6.07) is 12.1. The summed E-state index contributed by atoms with van der Waals surface area (Å²) in [5.74, 6) is 0.302. The van der Waals surface area contributed by atoms with E-state index in [1.807, 2.05) is 4.90 Å². The first-order chi connectivity index (χ1) is 14.9. The molecule has 0 unspecified atom stereocenters. The van der Waals surface area contributed by atoms with E-state index in [-0.39, 0.29) is 23.3 Å². The number of thiocarbonyl (C=S) groups is 1. The van der Waals surface area contributed by atoms with Crippen LogP contribution in [0.25, 0.3) is 0 Å². The number of benzene rings is 2. The molecule has 1 heterocycles. The van der Waals surface area contributed by atoms with Crippen molar-refractivity contribution in [1.29, 1.82) is 0 Å². The van der Waals surface area contributed by atoms with Crippen LogP contribution in [0.1, 0.15) is 36.0 Å². The van der Waals surface area contributed by atoms with E-state index in [0.717, 1.165) is 25.9 Å². The fraction of sp³-hybridized carbons (Fsp3) is 0.318. The van der Waals surface area contributed by atoms with Crippen molar-refractivity contribution in [3.05, 3.63) is 58.1 Å². The number of nitrogens with one attached hydrogen (secondary N) is 2. The van der Waals surface area contributed by atoms with Crippen molar-refractivity contribution in [3.63, 3.8) is 0 Å². The van der Waals surface area contributed by atoms with Gasteiger partial charge in [-0.2, -0.15) is 0 Å². The summed E-state index contributed by atoms with van der Waals surface area (Å²) in [5.41, 5.74) is 1.25. The summed E-state index contributed by atoms with van der Waals surface area (Å²) in [7, 11) is 0. The summed E-state index contributed by atoms with van der Waals surface area (Å²) in [6.07, 6.45) is 2.81. The first kappa shape index (κ1) is 23.3. The molecule has 1 aliphatic heterocycles. The third-order valence-corrected chi connectivity index (χ3v) is 5.45. The third-order valence-electron chi connectivity index (χ3n) is 4.71. The molecule has 2 aromatic rings. The molecular weight excluding hydrogens is 457 g/mol. The second kappa shape index (κ2) is 11.3. The van der Waals surface area contributed by atoms with Gasteiger partial charge in [0.05, 0.1) is 11.6 Å². The van der Waals surface area contributed by atoms with E-state index >= 15 is 0 Å². The quantitative estimate of drug-likeness (QED) is 0.436. The van der Waals surface area contributed by atoms with Gasteiger partial charge in [0, 0.05) is 35.8 Å². The Morgan fingerprint density at radius 2 is 1.87 bits per heavy atom. The van der Waals surface area contributed by atoms with Gasteiger partial charge in [0.15, 0.2) is 5.11 Å². The number of hydrogen-bond acceptors (Lipinski definition) is 4. The highest BCUT2D eigenvalue weighted by Gasteiger charge is 2.19. The third kappa shape index (κ3) is 7.09. The number of likely N-dealkylation sites (tertiary alicyclic amines) is 1. The van der Waals surface area contributed by atoms with Crippen molar-refractivity contribution in [2.24, 2.45) is 0 Å². The molecule has 1 aliphatic rings. The number of carbonyl (C=O) groups excluding carboxylic acids is 2. The summed E-state index contributed by atoms with van der Waals surface area (Å²) >= 11 is 17.1. The summed E-state index contributed by atoms with van der Waals surface area (Å²) in [4.78, 5) is 26.5. The van der Waals surface area contributed by atoms with Crippen molar-refractivity contribution in [3.8, 4) is 5.75 Å². The van der Waals surface area contributed by atoms with Crippen LogP contribution < -0.4 is 15.4 Å². The van der Waals surface area contributed by atoms with Crippen LogP contribution in [0.4, 0.5) is 5.69 Å². The lowest BCUT2D eigenvalue weighted by molar-refractivity contribution is -0.119. The molecule has 0 atom stereocenters. The predicted molar refractivity (Wildman–Crippen MR) is 127 cm³/mol. The van der Waals surface area contributed by atoms with Gasteiger partial charge in [-0.05, 0) is 67.9 Å². The number of ether oxygens (including phenoxy) is 1. The van der Waals surface area contributed by atoms with Gasteiger partial charge in [0.25, 0.3) is 5.91 Å². The first-order valence-electron chi connectivity index (χ1n) is 10.0. The Bertz CT molecular complexity index is 965. The van der Waals surface area contributed by atoms with Gasteiger partial charge in [0.2, 0.25) is 5.91 Å². The zero-order chi connectivity index (χ0) is 22.2. The molecule has 1 fully saturated rings. The van der Waals surface area contributed by atoms with E-state index in [1.165, 1.54) is 0 Å². The van der Waals surface area contributed by atoms with Crippen molar-refractivity contribution < 1.29 is 14.3 Å². The van der Waals surface area contributed by atoms with Crippen molar-refractivity contribution in [1.82, 2.24) is 10.2 Å². The molecule has 164 valence electrons. The van der Waals surface area contributed by atoms with Crippen molar-refractivity contribution in [2.45, 2.75) is 25.7 Å². The molecule has 0 aromatic heterocycles. The standard InChI is InChI=1S/C22H23Cl2N3O3S/c23-16-8-9-19(18(24)14-16)30-12-4-7-20(28)26-22(31)25-17-6-3-5-15(13-17)21(29)27-10-1-2-11-27/h3,5-6,8-9,13-14H,1-2,4,7,10-12H2,(H2,25,26,28,31). The van der Waals surface area contributed by atoms with Crippen LogP contribution in [0, 0.1) is 0 Å². The topological polar surface area (TPSA) is 70.7 Å². The molecule has 0 spiro atoms. The second-order valence-corrected chi connectivity index (χ2v) is 8.36. The van der Waals surface area contributed by atoms with E-state index in [1.54, 1.807) is 42.5 Å². The molecule has 0 radical (unpaired) electrons. The van der Waals surface area contributed by atoms with Gasteiger partial charge in [-0.1, -0.05) is 29.3 Å². The maximum absolute atomic E-state index is 12.5. The maximum atomic E-state index is 12.5. The summed E-state index contributed by atoms with van der Waals surface area (Å²) < 4.78 is 5.57. The minimum Gasteiger partial charge on any atom is -0.492 e. The Balaban J connectivity index is 1.41. The molecular formula is C22H23Cl2N3O3S. The lowest BCUT2D eigenvalue weighted by Gasteiger charge is -2.16. The molecule has 2 N–H and O–H groups in total. The number of carbonyl (C=O) groups is 2. The second-order valence-electron chi connectivity index (χ2n) is 7.11. The highest BCUT2D eigenvalue weighted by atomic mass is 35.5. The fourth-order valence-corrected chi connectivity index (χ4v) is 3.89. The van der Waals surface area contributed by atoms with Crippen LogP contribution in [-0.4, -0.2) is 41.5 Å². The molecule has 3 rings (SSSR count). The predicted octanol–water partition coefficient (Wildman–Crippen LogP) is 4.90. The normalized spacial score (nSPS) is 13.0. The monoisotopic (exact) mass is 479 g/mol. The van der Waals surface area contributed by atoms with Gasteiger partial charge >= 0.3 is 0 Å².